The molecule has 1 aromatic heterocycles. The van der Waals surface area contributed by atoms with Crippen LogP contribution in [0.3, 0.4) is 0 Å². The summed E-state index contributed by atoms with van der Waals surface area (Å²) in [5.41, 5.74) is -0.111. The van der Waals surface area contributed by atoms with Crippen molar-refractivity contribution >= 4 is 28.4 Å². The fourth-order valence-electron chi connectivity index (χ4n) is 0.858. The van der Waals surface area contributed by atoms with Crippen molar-refractivity contribution in [1.82, 2.24) is 15.3 Å². The van der Waals surface area contributed by atoms with E-state index >= 15 is 0 Å². The summed E-state index contributed by atoms with van der Waals surface area (Å²) in [6, 6.07) is 0.340. The van der Waals surface area contributed by atoms with Crippen LogP contribution in [-0.4, -0.2) is 29.6 Å². The number of hydrogen-bond acceptors (Lipinski definition) is 4. The van der Waals surface area contributed by atoms with E-state index in [0.29, 0.717) is 15.4 Å². The van der Waals surface area contributed by atoms with Gasteiger partial charge >= 0.3 is 0 Å². The molecular formula is C8H13IN4O. The second-order valence-electron chi connectivity index (χ2n) is 2.96. The van der Waals surface area contributed by atoms with Gasteiger partial charge in [0.15, 0.2) is 0 Å². The Morgan fingerprint density at radius 3 is 3.07 bits per heavy atom. The molecule has 14 heavy (non-hydrogen) atoms. The molecule has 1 heterocycles. The van der Waals surface area contributed by atoms with Crippen LogP contribution in [0, 0.1) is 3.57 Å². The summed E-state index contributed by atoms with van der Waals surface area (Å²) >= 11 is 1.97. The van der Waals surface area contributed by atoms with Crippen molar-refractivity contribution < 1.29 is 0 Å². The van der Waals surface area contributed by atoms with Crippen molar-refractivity contribution in [3.05, 3.63) is 20.3 Å². The minimum atomic E-state index is -0.111. The van der Waals surface area contributed by atoms with Gasteiger partial charge in [-0.2, -0.15) is 0 Å². The third kappa shape index (κ3) is 2.95. The van der Waals surface area contributed by atoms with Gasteiger partial charge in [0.2, 0.25) is 0 Å². The molecule has 0 saturated heterocycles. The average Bonchev–Trinajstić information content (AvgIpc) is 2.20. The molecule has 0 spiro atoms. The molecule has 78 valence electrons. The number of aromatic nitrogens is 2. The minimum Gasteiger partial charge on any atom is -0.367 e. The van der Waals surface area contributed by atoms with Crippen LogP contribution < -0.4 is 16.2 Å². The summed E-state index contributed by atoms with van der Waals surface area (Å²) in [4.78, 5) is 17.8. The first-order valence-corrected chi connectivity index (χ1v) is 5.37. The monoisotopic (exact) mass is 308 g/mol. The number of aromatic amines is 1. The summed E-state index contributed by atoms with van der Waals surface area (Å²) < 4.78 is 0.591. The molecular weight excluding hydrogens is 295 g/mol. The van der Waals surface area contributed by atoms with E-state index in [1.807, 2.05) is 36.6 Å². The van der Waals surface area contributed by atoms with Crippen LogP contribution in [0.1, 0.15) is 6.92 Å². The maximum Gasteiger partial charge on any atom is 0.266 e. The van der Waals surface area contributed by atoms with Gasteiger partial charge in [-0.3, -0.25) is 4.79 Å². The highest BCUT2D eigenvalue weighted by atomic mass is 127. The zero-order chi connectivity index (χ0) is 10.6. The number of anilines is 1. The quantitative estimate of drug-likeness (QED) is 0.704. The number of H-pyrrole nitrogens is 1. The molecule has 1 aromatic rings. The van der Waals surface area contributed by atoms with Crippen molar-refractivity contribution in [3.63, 3.8) is 0 Å². The molecule has 0 radical (unpaired) electrons. The third-order valence-electron chi connectivity index (χ3n) is 1.87. The van der Waals surface area contributed by atoms with Crippen LogP contribution in [0.15, 0.2) is 11.1 Å². The number of likely N-dealkylation sites (N-methyl/N-ethyl adjacent to an activating group) is 1. The number of nitrogens with zero attached hydrogens (tertiary/aromatic N) is 1. The maximum absolute atomic E-state index is 11.2. The first-order chi connectivity index (χ1) is 6.65. The van der Waals surface area contributed by atoms with Crippen molar-refractivity contribution in [1.29, 1.82) is 0 Å². The van der Waals surface area contributed by atoms with Gasteiger partial charge in [-0.1, -0.05) is 0 Å². The van der Waals surface area contributed by atoms with Gasteiger partial charge in [-0.25, -0.2) is 4.98 Å². The highest BCUT2D eigenvalue weighted by Gasteiger charge is 2.05. The maximum atomic E-state index is 11.2. The molecule has 1 atom stereocenters. The molecule has 0 aliphatic carbocycles. The molecule has 0 aliphatic heterocycles. The number of nitrogens with one attached hydrogen (secondary N) is 3. The minimum absolute atomic E-state index is 0.111. The molecule has 1 rings (SSSR count). The summed E-state index contributed by atoms with van der Waals surface area (Å²) in [7, 11) is 1.89. The van der Waals surface area contributed by atoms with Crippen LogP contribution in [0.4, 0.5) is 5.82 Å². The summed E-state index contributed by atoms with van der Waals surface area (Å²) in [6.07, 6.45) is 1.40. The van der Waals surface area contributed by atoms with E-state index in [9.17, 15) is 4.79 Å². The number of halogens is 1. The lowest BCUT2D eigenvalue weighted by Crippen LogP contribution is -2.30. The molecule has 0 saturated carbocycles. The lowest BCUT2D eigenvalue weighted by Gasteiger charge is -2.12. The predicted octanol–water partition coefficient (Wildman–Crippen LogP) is 0.394. The van der Waals surface area contributed by atoms with Crippen LogP contribution in [0.2, 0.25) is 0 Å². The van der Waals surface area contributed by atoms with E-state index in [0.717, 1.165) is 6.54 Å². The summed E-state index contributed by atoms with van der Waals surface area (Å²) in [5, 5.41) is 6.19. The molecule has 5 nitrogen and oxygen atoms in total. The molecule has 0 bridgehead atoms. The van der Waals surface area contributed by atoms with Crippen LogP contribution in [-0.2, 0) is 0 Å². The first kappa shape index (κ1) is 11.4. The van der Waals surface area contributed by atoms with Crippen molar-refractivity contribution in [2.45, 2.75) is 13.0 Å². The van der Waals surface area contributed by atoms with E-state index in [-0.39, 0.29) is 5.56 Å². The number of hydrogen-bond donors (Lipinski definition) is 3. The second kappa shape index (κ2) is 5.30. The SMILES string of the molecule is CNC(C)CNc1nc[nH]c(=O)c1I. The van der Waals surface area contributed by atoms with Gasteiger partial charge in [0.05, 0.1) is 6.33 Å². The number of rotatable bonds is 4. The summed E-state index contributed by atoms with van der Waals surface area (Å²) in [5.74, 6) is 0.636. The van der Waals surface area contributed by atoms with Gasteiger partial charge < -0.3 is 15.6 Å². The van der Waals surface area contributed by atoms with Crippen LogP contribution in [0.25, 0.3) is 0 Å². The van der Waals surface area contributed by atoms with E-state index in [1.54, 1.807) is 0 Å². The van der Waals surface area contributed by atoms with Gasteiger partial charge in [0, 0.05) is 12.6 Å². The molecule has 6 heteroatoms. The molecule has 3 N–H and O–H groups in total. The first-order valence-electron chi connectivity index (χ1n) is 4.29. The smallest absolute Gasteiger partial charge is 0.266 e. The van der Waals surface area contributed by atoms with E-state index in [4.69, 9.17) is 0 Å². The molecule has 0 fully saturated rings. The Morgan fingerprint density at radius 2 is 2.43 bits per heavy atom. The topological polar surface area (TPSA) is 69.8 Å². The highest BCUT2D eigenvalue weighted by Crippen LogP contribution is 2.07. The molecule has 1 unspecified atom stereocenters. The van der Waals surface area contributed by atoms with Gasteiger partial charge in [-0.05, 0) is 36.6 Å². The Morgan fingerprint density at radius 1 is 1.71 bits per heavy atom. The Hall–Kier alpha value is -0.630. The third-order valence-corrected chi connectivity index (χ3v) is 2.87. The Balaban J connectivity index is 2.68. The second-order valence-corrected chi connectivity index (χ2v) is 4.04. The fraction of sp³-hybridized carbons (Fsp3) is 0.500. The van der Waals surface area contributed by atoms with Gasteiger partial charge in [-0.15, -0.1) is 0 Å². The molecule has 0 amide bonds. The van der Waals surface area contributed by atoms with E-state index in [2.05, 4.69) is 20.6 Å². The molecule has 0 aliphatic rings. The van der Waals surface area contributed by atoms with Crippen molar-refractivity contribution in [3.8, 4) is 0 Å². The zero-order valence-electron chi connectivity index (χ0n) is 8.10. The lowest BCUT2D eigenvalue weighted by molar-refractivity contribution is 0.637. The normalized spacial score (nSPS) is 12.5. The van der Waals surface area contributed by atoms with Gasteiger partial charge in [0.25, 0.3) is 5.56 Å². The largest absolute Gasteiger partial charge is 0.367 e. The lowest BCUT2D eigenvalue weighted by atomic mass is 10.3. The zero-order valence-corrected chi connectivity index (χ0v) is 10.3. The fourth-order valence-corrected chi connectivity index (χ4v) is 1.34. The Labute approximate surface area is 95.9 Å². The van der Waals surface area contributed by atoms with Crippen LogP contribution in [0.5, 0.6) is 0 Å². The van der Waals surface area contributed by atoms with Crippen LogP contribution >= 0.6 is 22.6 Å². The predicted molar refractivity (Wildman–Crippen MR) is 64.6 cm³/mol. The Bertz CT molecular complexity index is 351. The van der Waals surface area contributed by atoms with E-state index in [1.165, 1.54) is 6.33 Å². The van der Waals surface area contributed by atoms with Crippen molar-refractivity contribution in [2.75, 3.05) is 18.9 Å². The average molecular weight is 308 g/mol. The van der Waals surface area contributed by atoms with Crippen molar-refractivity contribution in [2.24, 2.45) is 0 Å². The van der Waals surface area contributed by atoms with Gasteiger partial charge in [0.1, 0.15) is 9.39 Å². The Kier molecular flexibility index (Phi) is 4.33. The molecule has 0 aromatic carbocycles. The highest BCUT2D eigenvalue weighted by molar-refractivity contribution is 14.1. The summed E-state index contributed by atoms with van der Waals surface area (Å²) in [6.45, 7) is 2.79. The standard InChI is InChI=1S/C8H13IN4O/c1-5(10-2)3-11-7-6(9)8(14)13-4-12-7/h4-5,10H,3H2,1-2H3,(H2,11,12,13,14). The van der Waals surface area contributed by atoms with E-state index < -0.39 is 0 Å².